The summed E-state index contributed by atoms with van der Waals surface area (Å²) in [6.45, 7) is 6.25. The van der Waals surface area contributed by atoms with Crippen LogP contribution in [0.15, 0.2) is 48.5 Å². The molecular formula is C25H30N4O2. The monoisotopic (exact) mass is 418 g/mol. The molecule has 0 bridgehead atoms. The first-order chi connectivity index (χ1) is 15.1. The molecule has 2 aliphatic rings. The molecule has 2 fully saturated rings. The maximum atomic E-state index is 13.0. The second-order valence-electron chi connectivity index (χ2n) is 8.91. The fourth-order valence-electron chi connectivity index (χ4n) is 5.47. The Morgan fingerprint density at radius 1 is 1.13 bits per heavy atom. The largest absolute Gasteiger partial charge is 0.384 e. The van der Waals surface area contributed by atoms with Crippen LogP contribution in [0.2, 0.25) is 0 Å². The van der Waals surface area contributed by atoms with E-state index < -0.39 is 0 Å². The Bertz CT molecular complexity index is 1050. The van der Waals surface area contributed by atoms with Gasteiger partial charge >= 0.3 is 0 Å². The van der Waals surface area contributed by atoms with Crippen molar-refractivity contribution in [3.8, 4) is 0 Å². The van der Waals surface area contributed by atoms with E-state index in [0.29, 0.717) is 24.9 Å². The second-order valence-corrected chi connectivity index (χ2v) is 8.91. The summed E-state index contributed by atoms with van der Waals surface area (Å²) in [7, 11) is 1.65. The number of imidazole rings is 1. The first kappa shape index (κ1) is 20.2. The van der Waals surface area contributed by atoms with Gasteiger partial charge < -0.3 is 14.6 Å². The summed E-state index contributed by atoms with van der Waals surface area (Å²) in [6.07, 6.45) is 0.445. The van der Waals surface area contributed by atoms with Crippen molar-refractivity contribution in [3.63, 3.8) is 0 Å². The van der Waals surface area contributed by atoms with Crippen LogP contribution in [-0.2, 0) is 16.1 Å². The molecule has 5 rings (SSSR count). The minimum Gasteiger partial charge on any atom is -0.384 e. The molecule has 0 saturated carbocycles. The van der Waals surface area contributed by atoms with Crippen LogP contribution in [0, 0.1) is 18.8 Å². The van der Waals surface area contributed by atoms with E-state index in [1.54, 1.807) is 7.11 Å². The lowest BCUT2D eigenvalue weighted by Gasteiger charge is -2.31. The highest BCUT2D eigenvalue weighted by Crippen LogP contribution is 2.46. The maximum absolute atomic E-state index is 13.0. The molecule has 31 heavy (non-hydrogen) atoms. The van der Waals surface area contributed by atoms with E-state index in [9.17, 15) is 4.79 Å². The summed E-state index contributed by atoms with van der Waals surface area (Å²) >= 11 is 0. The molecule has 0 spiro atoms. The molecular weight excluding hydrogens is 388 g/mol. The molecule has 6 nitrogen and oxygen atoms in total. The smallest absolute Gasteiger partial charge is 0.225 e. The number of likely N-dealkylation sites (tertiary alicyclic amines) is 2. The third-order valence-electron chi connectivity index (χ3n) is 6.90. The Balaban J connectivity index is 1.37. The zero-order valence-electron chi connectivity index (χ0n) is 18.3. The summed E-state index contributed by atoms with van der Waals surface area (Å²) in [5, 5.41) is 0. The van der Waals surface area contributed by atoms with E-state index in [-0.39, 0.29) is 11.9 Å². The number of benzene rings is 2. The molecule has 0 radical (unpaired) electrons. The molecule has 6 heteroatoms. The molecule has 2 aromatic carbocycles. The number of methoxy groups -OCH3 is 1. The van der Waals surface area contributed by atoms with Crippen LogP contribution in [0.1, 0.15) is 29.4 Å². The molecule has 2 saturated heterocycles. The van der Waals surface area contributed by atoms with Crippen molar-refractivity contribution in [2.75, 3.05) is 33.4 Å². The van der Waals surface area contributed by atoms with Crippen LogP contribution in [0.4, 0.5) is 0 Å². The normalized spacial score (nSPS) is 23.5. The lowest BCUT2D eigenvalue weighted by molar-refractivity contribution is -0.133. The van der Waals surface area contributed by atoms with Crippen molar-refractivity contribution in [1.29, 1.82) is 0 Å². The van der Waals surface area contributed by atoms with E-state index in [0.717, 1.165) is 43.0 Å². The lowest BCUT2D eigenvalue weighted by atomic mass is 9.87. The number of aryl methyl sites for hydroxylation is 1. The van der Waals surface area contributed by atoms with Gasteiger partial charge in [-0.25, -0.2) is 4.98 Å². The molecule has 0 aliphatic carbocycles. The van der Waals surface area contributed by atoms with Gasteiger partial charge in [-0.1, -0.05) is 36.4 Å². The zero-order valence-corrected chi connectivity index (χ0v) is 18.3. The molecule has 0 unspecified atom stereocenters. The number of amides is 1. The number of aromatic nitrogens is 2. The van der Waals surface area contributed by atoms with Gasteiger partial charge in [0.1, 0.15) is 5.82 Å². The van der Waals surface area contributed by atoms with E-state index in [1.807, 2.05) is 18.2 Å². The van der Waals surface area contributed by atoms with E-state index >= 15 is 0 Å². The molecule has 3 atom stereocenters. The van der Waals surface area contributed by atoms with E-state index in [2.05, 4.69) is 52.0 Å². The Morgan fingerprint density at radius 3 is 2.74 bits per heavy atom. The Kier molecular flexibility index (Phi) is 5.50. The first-order valence-electron chi connectivity index (χ1n) is 11.1. The average Bonchev–Trinajstić information content (AvgIpc) is 3.44. The fraction of sp³-hybridized carbons (Fsp3) is 0.440. The van der Waals surface area contributed by atoms with Gasteiger partial charge in [-0.05, 0) is 36.1 Å². The number of nitrogens with zero attached hydrogens (tertiary/aromatic N) is 3. The number of hydrogen-bond acceptors (Lipinski definition) is 4. The van der Waals surface area contributed by atoms with Crippen molar-refractivity contribution < 1.29 is 9.53 Å². The van der Waals surface area contributed by atoms with Gasteiger partial charge in [-0.3, -0.25) is 9.69 Å². The van der Waals surface area contributed by atoms with Gasteiger partial charge in [0.25, 0.3) is 0 Å². The number of carbonyl (C=O) groups excluding carboxylic acids is 1. The van der Waals surface area contributed by atoms with Crippen LogP contribution in [0.25, 0.3) is 11.0 Å². The number of para-hydroxylation sites is 2. The van der Waals surface area contributed by atoms with Gasteiger partial charge in [0.05, 0.1) is 36.6 Å². The number of carbonyl (C=O) groups is 1. The highest BCUT2D eigenvalue weighted by Gasteiger charge is 2.49. The number of ether oxygens (including phenoxy) is 1. The SMILES string of the molecule is COCCC(=O)N1C[C@@H]2CN(Cc3nc4ccccc4[nH]3)C[C@@H]2[C@H]1c1ccccc1C. The lowest BCUT2D eigenvalue weighted by Crippen LogP contribution is -2.36. The predicted octanol–water partition coefficient (Wildman–Crippen LogP) is 3.54. The number of hydrogen-bond donors (Lipinski definition) is 1. The third-order valence-corrected chi connectivity index (χ3v) is 6.90. The second kappa shape index (κ2) is 8.44. The van der Waals surface area contributed by atoms with Crippen LogP contribution >= 0.6 is 0 Å². The van der Waals surface area contributed by atoms with Gasteiger partial charge in [0.2, 0.25) is 5.91 Å². The number of aromatic amines is 1. The molecule has 3 aromatic rings. The highest BCUT2D eigenvalue weighted by molar-refractivity contribution is 5.77. The molecule has 162 valence electrons. The van der Waals surface area contributed by atoms with Crippen molar-refractivity contribution in [1.82, 2.24) is 19.8 Å². The minimum absolute atomic E-state index is 0.135. The van der Waals surface area contributed by atoms with Crippen molar-refractivity contribution >= 4 is 16.9 Å². The highest BCUT2D eigenvalue weighted by atomic mass is 16.5. The van der Waals surface area contributed by atoms with E-state index in [1.165, 1.54) is 11.1 Å². The van der Waals surface area contributed by atoms with Crippen molar-refractivity contribution in [3.05, 3.63) is 65.5 Å². The number of rotatable bonds is 6. The summed E-state index contributed by atoms with van der Waals surface area (Å²) in [4.78, 5) is 25.9. The summed E-state index contributed by atoms with van der Waals surface area (Å²) < 4.78 is 5.17. The Hall–Kier alpha value is -2.70. The standard InChI is InChI=1S/C25H30N4O2/c1-17-7-3-4-8-19(17)25-20-15-28(13-18(20)14-29(25)24(30)11-12-31-2)16-23-26-21-9-5-6-10-22(21)27-23/h3-10,18,20,25H,11-16H2,1-2H3,(H,26,27)/t18-,20-,25+/m0/s1. The van der Waals surface area contributed by atoms with Gasteiger partial charge in [0, 0.05) is 32.7 Å². The van der Waals surface area contributed by atoms with Crippen LogP contribution in [0.3, 0.4) is 0 Å². The third kappa shape index (κ3) is 3.86. The first-order valence-corrected chi connectivity index (χ1v) is 11.1. The molecule has 1 N–H and O–H groups in total. The maximum Gasteiger partial charge on any atom is 0.225 e. The fourth-order valence-corrected chi connectivity index (χ4v) is 5.47. The van der Waals surface area contributed by atoms with Crippen molar-refractivity contribution in [2.24, 2.45) is 11.8 Å². The number of nitrogens with one attached hydrogen (secondary N) is 1. The summed E-state index contributed by atoms with van der Waals surface area (Å²) in [5.41, 5.74) is 4.65. The average molecular weight is 419 g/mol. The topological polar surface area (TPSA) is 61.5 Å². The van der Waals surface area contributed by atoms with Gasteiger partial charge in [-0.2, -0.15) is 0 Å². The number of H-pyrrole nitrogens is 1. The Morgan fingerprint density at radius 2 is 1.94 bits per heavy atom. The molecule has 1 aromatic heterocycles. The van der Waals surface area contributed by atoms with E-state index in [4.69, 9.17) is 9.72 Å². The van der Waals surface area contributed by atoms with Crippen LogP contribution in [-0.4, -0.2) is 59.0 Å². The molecule has 3 heterocycles. The van der Waals surface area contributed by atoms with Crippen LogP contribution in [0.5, 0.6) is 0 Å². The molecule has 1 amide bonds. The zero-order chi connectivity index (χ0) is 21.4. The minimum atomic E-state index is 0.135. The molecule has 2 aliphatic heterocycles. The van der Waals surface area contributed by atoms with Crippen LogP contribution < -0.4 is 0 Å². The van der Waals surface area contributed by atoms with Gasteiger partial charge in [0.15, 0.2) is 0 Å². The number of fused-ring (bicyclic) bond motifs is 2. The summed E-state index contributed by atoms with van der Waals surface area (Å²) in [6, 6.07) is 16.8. The van der Waals surface area contributed by atoms with Gasteiger partial charge in [-0.15, -0.1) is 0 Å². The van der Waals surface area contributed by atoms with Crippen molar-refractivity contribution in [2.45, 2.75) is 25.9 Å². The quantitative estimate of drug-likeness (QED) is 0.665. The Labute approximate surface area is 183 Å². The predicted molar refractivity (Wildman–Crippen MR) is 120 cm³/mol. The summed E-state index contributed by atoms with van der Waals surface area (Å²) in [5.74, 6) is 2.15.